The predicted octanol–water partition coefficient (Wildman–Crippen LogP) is 4.17. The van der Waals surface area contributed by atoms with Gasteiger partial charge in [-0.15, -0.1) is 0 Å². The van der Waals surface area contributed by atoms with Crippen molar-refractivity contribution in [1.82, 2.24) is 9.36 Å². The van der Waals surface area contributed by atoms with Crippen LogP contribution in [-0.2, 0) is 4.79 Å². The van der Waals surface area contributed by atoms with Gasteiger partial charge in [-0.1, -0.05) is 17.8 Å². The molecule has 8 nitrogen and oxygen atoms in total. The van der Waals surface area contributed by atoms with Gasteiger partial charge in [0, 0.05) is 11.5 Å². The molecular formula is C21H15FN4O4S2. The largest absolute Gasteiger partial charge is 0.493 e. The Bertz CT molecular complexity index is 1220. The molecule has 0 aliphatic carbocycles. The molecule has 3 rings (SSSR count). The number of hydrogen-bond acceptors (Lipinski definition) is 9. The van der Waals surface area contributed by atoms with Crippen molar-refractivity contribution >= 4 is 46.4 Å². The Labute approximate surface area is 190 Å². The number of ether oxygens (including phenoxy) is 2. The summed E-state index contributed by atoms with van der Waals surface area (Å²) in [7, 11) is 1.38. The van der Waals surface area contributed by atoms with Gasteiger partial charge in [0.2, 0.25) is 10.3 Å². The monoisotopic (exact) mass is 470 g/mol. The Morgan fingerprint density at radius 2 is 1.97 bits per heavy atom. The lowest BCUT2D eigenvalue weighted by molar-refractivity contribution is -0.112. The van der Waals surface area contributed by atoms with Crippen molar-refractivity contribution in [3.05, 3.63) is 65.0 Å². The van der Waals surface area contributed by atoms with Gasteiger partial charge in [-0.25, -0.2) is 9.18 Å². The van der Waals surface area contributed by atoms with Crippen molar-refractivity contribution in [1.29, 1.82) is 5.26 Å². The van der Waals surface area contributed by atoms with Gasteiger partial charge < -0.3 is 9.47 Å². The van der Waals surface area contributed by atoms with E-state index in [0.29, 0.717) is 10.7 Å². The van der Waals surface area contributed by atoms with E-state index in [2.05, 4.69) is 14.7 Å². The number of thioether (sulfide) groups is 1. The number of hydrogen-bond donors (Lipinski definition) is 1. The predicted molar refractivity (Wildman–Crippen MR) is 118 cm³/mol. The second-order valence-electron chi connectivity index (χ2n) is 6.02. The van der Waals surface area contributed by atoms with Gasteiger partial charge in [-0.3, -0.25) is 10.1 Å². The zero-order valence-corrected chi connectivity index (χ0v) is 18.4. The molecule has 0 saturated carbocycles. The van der Waals surface area contributed by atoms with E-state index in [0.717, 1.165) is 23.7 Å². The lowest BCUT2D eigenvalue weighted by Gasteiger charge is -2.10. The van der Waals surface area contributed by atoms with E-state index in [1.54, 1.807) is 6.07 Å². The topological polar surface area (TPSA) is 114 Å². The molecule has 0 spiro atoms. The first-order valence-electron chi connectivity index (χ1n) is 8.90. The Balaban J connectivity index is 1.77. The number of benzene rings is 2. The lowest BCUT2D eigenvalue weighted by Crippen LogP contribution is -2.13. The molecule has 0 fully saturated rings. The molecule has 1 N–H and O–H groups in total. The van der Waals surface area contributed by atoms with Crippen molar-refractivity contribution in [2.24, 2.45) is 0 Å². The fraction of sp³-hybridized carbons (Fsp3) is 0.0952. The fourth-order valence-electron chi connectivity index (χ4n) is 2.43. The highest BCUT2D eigenvalue weighted by Gasteiger charge is 2.15. The number of amides is 1. The number of halogens is 1. The highest BCUT2D eigenvalue weighted by atomic mass is 32.2. The lowest BCUT2D eigenvalue weighted by atomic mass is 10.1. The molecule has 0 bridgehead atoms. The number of aromatic nitrogens is 2. The highest BCUT2D eigenvalue weighted by Crippen LogP contribution is 2.30. The van der Waals surface area contributed by atoms with Crippen molar-refractivity contribution in [3.8, 4) is 17.6 Å². The summed E-state index contributed by atoms with van der Waals surface area (Å²) >= 11 is 2.34. The molecule has 0 aliphatic rings. The number of nitrogens with zero attached hydrogens (tertiary/aromatic N) is 3. The normalized spacial score (nSPS) is 10.9. The van der Waals surface area contributed by atoms with Gasteiger partial charge in [0.25, 0.3) is 5.91 Å². The first-order chi connectivity index (χ1) is 15.4. The number of carbonyl (C=O) groups excluding carboxylic acids is 2. The summed E-state index contributed by atoms with van der Waals surface area (Å²) < 4.78 is 27.7. The molecule has 0 atom stereocenters. The van der Waals surface area contributed by atoms with Crippen LogP contribution in [0.15, 0.2) is 53.2 Å². The Morgan fingerprint density at radius 1 is 1.22 bits per heavy atom. The van der Waals surface area contributed by atoms with Crippen LogP contribution in [0, 0.1) is 17.1 Å². The highest BCUT2D eigenvalue weighted by molar-refractivity contribution is 7.98. The molecule has 0 radical (unpaired) electrons. The van der Waals surface area contributed by atoms with Gasteiger partial charge in [0.15, 0.2) is 11.5 Å². The van der Waals surface area contributed by atoms with Crippen LogP contribution >= 0.6 is 23.3 Å². The fourth-order valence-corrected chi connectivity index (χ4v) is 3.55. The number of methoxy groups -OCH3 is 1. The van der Waals surface area contributed by atoms with Crippen LogP contribution in [0.25, 0.3) is 6.08 Å². The maximum Gasteiger partial charge on any atom is 0.343 e. The summed E-state index contributed by atoms with van der Waals surface area (Å²) in [5.41, 5.74) is 0.475. The maximum absolute atomic E-state index is 13.0. The molecule has 1 aromatic heterocycles. The molecule has 3 aromatic rings. The number of esters is 1. The van der Waals surface area contributed by atoms with Gasteiger partial charge >= 0.3 is 5.97 Å². The average Bonchev–Trinajstić information content (AvgIpc) is 3.26. The van der Waals surface area contributed by atoms with E-state index in [1.165, 1.54) is 49.2 Å². The standard InChI is InChI=1S/C21H15FN4O4S2/c1-29-17-10-12(3-8-16(17)30-19(28)13-4-6-15(22)7-5-13)9-14(11-23)18(27)24-20-25-21(31-2)26-32-20/h3-10H,1-2H3,(H,24,25,26,27)/b14-9-. The summed E-state index contributed by atoms with van der Waals surface area (Å²) in [6.45, 7) is 0. The third kappa shape index (κ3) is 5.69. The Hall–Kier alpha value is -3.75. The minimum Gasteiger partial charge on any atom is -0.493 e. The van der Waals surface area contributed by atoms with E-state index < -0.39 is 17.7 Å². The zero-order chi connectivity index (χ0) is 23.1. The molecule has 2 aromatic carbocycles. The van der Waals surface area contributed by atoms with Crippen LogP contribution in [-0.4, -0.2) is 34.6 Å². The molecule has 1 amide bonds. The van der Waals surface area contributed by atoms with Gasteiger partial charge in [0.05, 0.1) is 12.7 Å². The van der Waals surface area contributed by atoms with E-state index in [1.807, 2.05) is 12.3 Å². The molecular weight excluding hydrogens is 455 g/mol. The van der Waals surface area contributed by atoms with Crippen LogP contribution in [0.5, 0.6) is 11.5 Å². The van der Waals surface area contributed by atoms with Gasteiger partial charge in [0.1, 0.15) is 17.5 Å². The summed E-state index contributed by atoms with van der Waals surface area (Å²) in [6, 6.07) is 11.3. The summed E-state index contributed by atoms with van der Waals surface area (Å²) in [6.07, 6.45) is 3.17. The smallest absolute Gasteiger partial charge is 0.343 e. The third-order valence-electron chi connectivity index (χ3n) is 3.96. The minimum absolute atomic E-state index is 0.125. The quantitative estimate of drug-likeness (QED) is 0.180. The first-order valence-corrected chi connectivity index (χ1v) is 10.9. The van der Waals surface area contributed by atoms with Crippen LogP contribution < -0.4 is 14.8 Å². The number of carbonyl (C=O) groups is 2. The molecule has 162 valence electrons. The average molecular weight is 471 g/mol. The first kappa shape index (κ1) is 22.9. The van der Waals surface area contributed by atoms with Gasteiger partial charge in [-0.05, 0) is 54.3 Å². The van der Waals surface area contributed by atoms with Crippen molar-refractivity contribution in [2.45, 2.75) is 5.16 Å². The molecule has 0 unspecified atom stereocenters. The van der Waals surface area contributed by atoms with E-state index >= 15 is 0 Å². The van der Waals surface area contributed by atoms with E-state index in [4.69, 9.17) is 9.47 Å². The third-order valence-corrected chi connectivity index (χ3v) is 5.25. The second kappa shape index (κ2) is 10.5. The van der Waals surface area contributed by atoms with E-state index in [9.17, 15) is 19.2 Å². The number of nitrogens with one attached hydrogen (secondary N) is 1. The SMILES string of the molecule is COc1cc(/C=C(/C#N)C(=O)Nc2nc(SC)ns2)ccc1OC(=O)c1ccc(F)cc1. The van der Waals surface area contributed by atoms with Crippen LogP contribution in [0.3, 0.4) is 0 Å². The Morgan fingerprint density at radius 3 is 2.59 bits per heavy atom. The van der Waals surface area contributed by atoms with Crippen molar-refractivity contribution in [3.63, 3.8) is 0 Å². The number of anilines is 1. The number of rotatable bonds is 7. The van der Waals surface area contributed by atoms with Crippen LogP contribution in [0.1, 0.15) is 15.9 Å². The summed E-state index contributed by atoms with van der Waals surface area (Å²) in [4.78, 5) is 28.8. The molecule has 0 aliphatic heterocycles. The van der Waals surface area contributed by atoms with Crippen molar-refractivity contribution < 1.29 is 23.5 Å². The zero-order valence-electron chi connectivity index (χ0n) is 16.8. The molecule has 11 heteroatoms. The van der Waals surface area contributed by atoms with Crippen LogP contribution in [0.4, 0.5) is 9.52 Å². The number of nitriles is 1. The summed E-state index contributed by atoms with van der Waals surface area (Å²) in [5, 5.41) is 12.7. The van der Waals surface area contributed by atoms with Crippen LogP contribution in [0.2, 0.25) is 0 Å². The second-order valence-corrected chi connectivity index (χ2v) is 7.54. The minimum atomic E-state index is -0.689. The Kier molecular flexibility index (Phi) is 7.54. The molecule has 1 heterocycles. The molecule has 32 heavy (non-hydrogen) atoms. The van der Waals surface area contributed by atoms with E-state index in [-0.39, 0.29) is 27.8 Å². The summed E-state index contributed by atoms with van der Waals surface area (Å²) in [5.74, 6) is -1.46. The molecule has 0 saturated heterocycles. The van der Waals surface area contributed by atoms with Crippen molar-refractivity contribution in [2.75, 3.05) is 18.7 Å². The maximum atomic E-state index is 13.0. The van der Waals surface area contributed by atoms with Gasteiger partial charge in [-0.2, -0.15) is 14.6 Å².